The summed E-state index contributed by atoms with van der Waals surface area (Å²) in [6, 6.07) is 0. The van der Waals surface area contributed by atoms with Crippen LogP contribution in [-0.4, -0.2) is 10.1 Å². The SMILES string of the molecule is C=CC/C(=C\C(C)=C/C(=C)C=C)c1noc(C(C)C)n1. The summed E-state index contributed by atoms with van der Waals surface area (Å²) in [5, 5.41) is 4.04. The minimum absolute atomic E-state index is 0.221. The van der Waals surface area contributed by atoms with E-state index in [4.69, 9.17) is 4.52 Å². The third-order valence-corrected chi connectivity index (χ3v) is 2.66. The Balaban J connectivity index is 3.09. The van der Waals surface area contributed by atoms with Gasteiger partial charge in [-0.25, -0.2) is 0 Å². The summed E-state index contributed by atoms with van der Waals surface area (Å²) in [6.45, 7) is 17.4. The standard InChI is InChI=1S/C17H22N2O/c1-7-9-15(11-14(6)10-13(5)8-2)16-18-17(12(3)4)20-19-16/h7-8,10-12H,1-2,5,9H2,3-4,6H3/b14-10-,15-11+. The molecule has 0 spiro atoms. The molecule has 0 N–H and O–H groups in total. The first-order valence-electron chi connectivity index (χ1n) is 6.63. The summed E-state index contributed by atoms with van der Waals surface area (Å²) >= 11 is 0. The van der Waals surface area contributed by atoms with Crippen LogP contribution in [0.5, 0.6) is 0 Å². The van der Waals surface area contributed by atoms with E-state index in [9.17, 15) is 0 Å². The largest absolute Gasteiger partial charge is 0.339 e. The molecule has 0 aliphatic heterocycles. The van der Waals surface area contributed by atoms with Crippen molar-refractivity contribution in [3.8, 4) is 0 Å². The number of hydrogen-bond donors (Lipinski definition) is 0. The van der Waals surface area contributed by atoms with E-state index in [-0.39, 0.29) is 5.92 Å². The molecule has 0 aromatic carbocycles. The summed E-state index contributed by atoms with van der Waals surface area (Å²) < 4.78 is 5.25. The molecule has 1 aromatic heterocycles. The second-order valence-electron chi connectivity index (χ2n) is 4.94. The molecule has 20 heavy (non-hydrogen) atoms. The van der Waals surface area contributed by atoms with E-state index < -0.39 is 0 Å². The Labute approximate surface area is 121 Å². The molecule has 1 heterocycles. The zero-order valence-corrected chi connectivity index (χ0v) is 12.5. The van der Waals surface area contributed by atoms with Crippen LogP contribution < -0.4 is 0 Å². The van der Waals surface area contributed by atoms with Crippen molar-refractivity contribution in [2.45, 2.75) is 33.1 Å². The van der Waals surface area contributed by atoms with E-state index in [1.54, 1.807) is 6.08 Å². The molecule has 0 radical (unpaired) electrons. The Morgan fingerprint density at radius 2 is 2.00 bits per heavy atom. The average molecular weight is 270 g/mol. The van der Waals surface area contributed by atoms with Crippen LogP contribution in [0, 0.1) is 0 Å². The van der Waals surface area contributed by atoms with Gasteiger partial charge in [-0.2, -0.15) is 4.98 Å². The maximum atomic E-state index is 5.25. The molecule has 0 bridgehead atoms. The van der Waals surface area contributed by atoms with Crippen LogP contribution >= 0.6 is 0 Å². The first-order chi connectivity index (χ1) is 9.47. The Bertz CT molecular complexity index is 559. The second kappa shape index (κ2) is 7.43. The molecule has 0 atom stereocenters. The highest BCUT2D eigenvalue weighted by Crippen LogP contribution is 2.21. The maximum Gasteiger partial charge on any atom is 0.229 e. The molecule has 0 aliphatic carbocycles. The monoisotopic (exact) mass is 270 g/mol. The van der Waals surface area contributed by atoms with Crippen molar-refractivity contribution >= 4 is 5.57 Å². The quantitative estimate of drug-likeness (QED) is 0.525. The fourth-order valence-electron chi connectivity index (χ4n) is 1.64. The van der Waals surface area contributed by atoms with Gasteiger partial charge in [-0.3, -0.25) is 0 Å². The van der Waals surface area contributed by atoms with Crippen molar-refractivity contribution in [2.75, 3.05) is 0 Å². The van der Waals surface area contributed by atoms with Crippen LogP contribution in [0.1, 0.15) is 44.8 Å². The first kappa shape index (κ1) is 15.9. The van der Waals surface area contributed by atoms with Crippen LogP contribution in [0.15, 0.2) is 59.7 Å². The third kappa shape index (κ3) is 4.50. The molecule has 0 unspecified atom stereocenters. The molecular formula is C17H22N2O. The molecule has 3 nitrogen and oxygen atoms in total. The molecular weight excluding hydrogens is 248 g/mol. The molecule has 0 saturated carbocycles. The fourth-order valence-corrected chi connectivity index (χ4v) is 1.64. The summed E-state index contributed by atoms with van der Waals surface area (Å²) in [7, 11) is 0. The minimum atomic E-state index is 0.221. The van der Waals surface area contributed by atoms with E-state index in [1.807, 2.05) is 39.0 Å². The second-order valence-corrected chi connectivity index (χ2v) is 4.94. The zero-order valence-electron chi connectivity index (χ0n) is 12.5. The Hall–Kier alpha value is -2.16. The van der Waals surface area contributed by atoms with Crippen molar-refractivity contribution in [3.63, 3.8) is 0 Å². The first-order valence-corrected chi connectivity index (χ1v) is 6.63. The van der Waals surface area contributed by atoms with Gasteiger partial charge in [0.25, 0.3) is 0 Å². The fraction of sp³-hybridized carbons (Fsp3) is 0.294. The van der Waals surface area contributed by atoms with Gasteiger partial charge in [-0.05, 0) is 18.9 Å². The number of nitrogens with zero attached hydrogens (tertiary/aromatic N) is 2. The summed E-state index contributed by atoms with van der Waals surface area (Å²) in [6.07, 6.45) is 8.20. The molecule has 1 aromatic rings. The highest BCUT2D eigenvalue weighted by molar-refractivity contribution is 5.64. The summed E-state index contributed by atoms with van der Waals surface area (Å²) in [4.78, 5) is 4.42. The smallest absolute Gasteiger partial charge is 0.229 e. The third-order valence-electron chi connectivity index (χ3n) is 2.66. The highest BCUT2D eigenvalue weighted by atomic mass is 16.5. The molecule has 106 valence electrons. The molecule has 0 saturated heterocycles. The van der Waals surface area contributed by atoms with Gasteiger partial charge < -0.3 is 4.52 Å². The van der Waals surface area contributed by atoms with Crippen LogP contribution in [0.25, 0.3) is 5.57 Å². The lowest BCUT2D eigenvalue weighted by atomic mass is 10.1. The maximum absolute atomic E-state index is 5.25. The van der Waals surface area contributed by atoms with Crippen molar-refractivity contribution in [1.29, 1.82) is 0 Å². The van der Waals surface area contributed by atoms with Crippen molar-refractivity contribution < 1.29 is 4.52 Å². The van der Waals surface area contributed by atoms with E-state index in [0.717, 1.165) is 16.7 Å². The van der Waals surface area contributed by atoms with Crippen molar-refractivity contribution in [3.05, 3.63) is 66.9 Å². The molecule has 0 fully saturated rings. The van der Waals surface area contributed by atoms with Gasteiger partial charge in [0, 0.05) is 11.5 Å². The van der Waals surface area contributed by atoms with E-state index >= 15 is 0 Å². The van der Waals surface area contributed by atoms with E-state index in [2.05, 4.69) is 29.9 Å². The predicted octanol–water partition coefficient (Wildman–Crippen LogP) is 4.84. The summed E-state index contributed by atoms with van der Waals surface area (Å²) in [5.74, 6) is 1.48. The lowest BCUT2D eigenvalue weighted by molar-refractivity contribution is 0.363. The zero-order chi connectivity index (χ0) is 15.1. The van der Waals surface area contributed by atoms with Gasteiger partial charge in [0.2, 0.25) is 5.89 Å². The number of aromatic nitrogens is 2. The van der Waals surface area contributed by atoms with Crippen LogP contribution in [-0.2, 0) is 0 Å². The van der Waals surface area contributed by atoms with E-state index in [1.165, 1.54) is 0 Å². The normalized spacial score (nSPS) is 12.6. The Morgan fingerprint density at radius 1 is 1.30 bits per heavy atom. The van der Waals surface area contributed by atoms with Gasteiger partial charge in [-0.1, -0.05) is 62.0 Å². The molecule has 0 amide bonds. The van der Waals surface area contributed by atoms with Crippen LogP contribution in [0.3, 0.4) is 0 Å². The summed E-state index contributed by atoms with van der Waals surface area (Å²) in [5.41, 5.74) is 2.90. The number of hydrogen-bond acceptors (Lipinski definition) is 3. The number of rotatable bonds is 7. The molecule has 1 rings (SSSR count). The predicted molar refractivity (Wildman–Crippen MR) is 84.3 cm³/mol. The van der Waals surface area contributed by atoms with Gasteiger partial charge in [0.15, 0.2) is 5.82 Å². The minimum Gasteiger partial charge on any atom is -0.339 e. The van der Waals surface area contributed by atoms with Crippen molar-refractivity contribution in [2.24, 2.45) is 0 Å². The molecule has 0 aliphatic rings. The van der Waals surface area contributed by atoms with Gasteiger partial charge in [-0.15, -0.1) is 6.58 Å². The van der Waals surface area contributed by atoms with Gasteiger partial charge >= 0.3 is 0 Å². The Morgan fingerprint density at radius 3 is 2.50 bits per heavy atom. The highest BCUT2D eigenvalue weighted by Gasteiger charge is 2.12. The van der Waals surface area contributed by atoms with Gasteiger partial charge in [0.1, 0.15) is 0 Å². The average Bonchev–Trinajstić information content (AvgIpc) is 2.87. The van der Waals surface area contributed by atoms with E-state index in [0.29, 0.717) is 18.1 Å². The van der Waals surface area contributed by atoms with Gasteiger partial charge in [0.05, 0.1) is 0 Å². The topological polar surface area (TPSA) is 38.9 Å². The van der Waals surface area contributed by atoms with Crippen molar-refractivity contribution in [1.82, 2.24) is 10.1 Å². The number of allylic oxidation sites excluding steroid dienone is 7. The lowest BCUT2D eigenvalue weighted by Crippen LogP contribution is -1.90. The molecule has 3 heteroatoms. The lowest BCUT2D eigenvalue weighted by Gasteiger charge is -2.00. The van der Waals surface area contributed by atoms with Crippen LogP contribution in [0.2, 0.25) is 0 Å². The van der Waals surface area contributed by atoms with Crippen LogP contribution in [0.4, 0.5) is 0 Å². The Kier molecular flexibility index (Phi) is 5.91.